The van der Waals surface area contributed by atoms with Gasteiger partial charge in [-0.2, -0.15) is 0 Å². The second-order valence-corrected chi connectivity index (χ2v) is 6.69. The van der Waals surface area contributed by atoms with E-state index < -0.39 is 17.8 Å². The lowest BCUT2D eigenvalue weighted by Gasteiger charge is -2.13. The summed E-state index contributed by atoms with van der Waals surface area (Å²) in [4.78, 5) is 40.1. The van der Waals surface area contributed by atoms with Crippen molar-refractivity contribution in [3.8, 4) is 22.4 Å². The van der Waals surface area contributed by atoms with Crippen molar-refractivity contribution in [1.82, 2.24) is 19.9 Å². The average Bonchev–Trinajstić information content (AvgIpc) is 3.17. The van der Waals surface area contributed by atoms with E-state index in [1.807, 2.05) is 0 Å². The van der Waals surface area contributed by atoms with Gasteiger partial charge in [0.05, 0.1) is 5.52 Å². The van der Waals surface area contributed by atoms with Crippen molar-refractivity contribution >= 4 is 28.9 Å². The summed E-state index contributed by atoms with van der Waals surface area (Å²) in [5.41, 5.74) is 13.7. The molecule has 3 aromatic heterocycles. The van der Waals surface area contributed by atoms with Crippen LogP contribution in [-0.4, -0.2) is 38.4 Å². The highest BCUT2D eigenvalue weighted by Crippen LogP contribution is 2.34. The third-order valence-electron chi connectivity index (χ3n) is 4.77. The number of nitrogens with two attached hydrogens (primary N) is 2. The van der Waals surface area contributed by atoms with Gasteiger partial charge in [-0.05, 0) is 42.8 Å². The Morgan fingerprint density at radius 2 is 1.94 bits per heavy atom. The van der Waals surface area contributed by atoms with E-state index in [-0.39, 0.29) is 17.3 Å². The number of H-pyrrole nitrogens is 1. The number of halogens is 1. The first-order chi connectivity index (χ1) is 14.9. The molecule has 4 rings (SSSR count). The molecule has 0 atom stereocenters. The van der Waals surface area contributed by atoms with Crippen LogP contribution < -0.4 is 16.4 Å². The number of aromatic amines is 1. The molecule has 3 heterocycles. The van der Waals surface area contributed by atoms with E-state index in [1.165, 1.54) is 35.5 Å². The number of carbonyl (C=O) groups excluding carboxylic acids is 2. The van der Waals surface area contributed by atoms with Crippen molar-refractivity contribution in [3.63, 3.8) is 0 Å². The molecule has 0 bridgehead atoms. The number of rotatable bonds is 5. The molecule has 0 spiro atoms. The van der Waals surface area contributed by atoms with Gasteiger partial charge in [0.1, 0.15) is 22.7 Å². The number of amides is 3. The zero-order chi connectivity index (χ0) is 22.1. The zero-order valence-corrected chi connectivity index (χ0v) is 16.5. The first-order valence-corrected chi connectivity index (χ1v) is 9.37. The molecule has 0 aliphatic rings. The minimum atomic E-state index is -0.668. The minimum absolute atomic E-state index is 0.108. The molecule has 31 heavy (non-hydrogen) atoms. The predicted molar refractivity (Wildman–Crippen MR) is 114 cm³/mol. The van der Waals surface area contributed by atoms with Crippen molar-refractivity contribution in [2.45, 2.75) is 6.92 Å². The van der Waals surface area contributed by atoms with Crippen molar-refractivity contribution in [2.75, 3.05) is 11.4 Å². The number of nitrogens with one attached hydrogen (secondary N) is 1. The number of anilines is 1. The molecule has 0 aliphatic heterocycles. The maximum Gasteiger partial charge on any atom is 0.321 e. The fraction of sp³-hybridized carbons (Fsp3) is 0.0952. The lowest BCUT2D eigenvalue weighted by atomic mass is 10.0. The Balaban J connectivity index is 1.95. The van der Waals surface area contributed by atoms with E-state index in [2.05, 4.69) is 19.9 Å². The van der Waals surface area contributed by atoms with E-state index >= 15 is 0 Å². The molecule has 1 aromatic carbocycles. The Labute approximate surface area is 175 Å². The number of benzene rings is 1. The highest BCUT2D eigenvalue weighted by Gasteiger charge is 2.20. The predicted octanol–water partition coefficient (Wildman–Crippen LogP) is 2.83. The van der Waals surface area contributed by atoms with Gasteiger partial charge in [-0.3, -0.25) is 19.7 Å². The van der Waals surface area contributed by atoms with E-state index in [1.54, 1.807) is 25.1 Å². The lowest BCUT2D eigenvalue weighted by molar-refractivity contribution is 0.0995. The molecule has 0 saturated carbocycles. The van der Waals surface area contributed by atoms with Gasteiger partial charge in [-0.25, -0.2) is 14.2 Å². The smallest absolute Gasteiger partial charge is 0.321 e. The molecule has 0 saturated heterocycles. The molecule has 4 aromatic rings. The molecule has 0 radical (unpaired) electrons. The number of imidazole rings is 1. The number of urea groups is 1. The number of primary amides is 2. The van der Waals surface area contributed by atoms with Crippen LogP contribution in [0.2, 0.25) is 0 Å². The largest absolute Gasteiger partial charge is 0.364 e. The molecular formula is C21H18FN7O2. The topological polar surface area (TPSA) is 144 Å². The maximum absolute atomic E-state index is 14.6. The Morgan fingerprint density at radius 3 is 2.55 bits per heavy atom. The van der Waals surface area contributed by atoms with E-state index in [4.69, 9.17) is 11.5 Å². The molecular weight excluding hydrogens is 401 g/mol. The van der Waals surface area contributed by atoms with E-state index in [0.29, 0.717) is 34.3 Å². The number of nitrogens with zero attached hydrogens (tertiary/aromatic N) is 4. The molecule has 0 fully saturated rings. The van der Waals surface area contributed by atoms with Gasteiger partial charge >= 0.3 is 6.03 Å². The van der Waals surface area contributed by atoms with Crippen LogP contribution in [0.4, 0.5) is 15.1 Å². The fourth-order valence-corrected chi connectivity index (χ4v) is 3.28. The van der Waals surface area contributed by atoms with E-state index in [9.17, 15) is 14.0 Å². The summed E-state index contributed by atoms with van der Waals surface area (Å²) in [6.45, 7) is 2.06. The number of hydrogen-bond donors (Lipinski definition) is 3. The second-order valence-electron chi connectivity index (χ2n) is 6.69. The summed E-state index contributed by atoms with van der Waals surface area (Å²) in [6.07, 6.45) is 2.98. The van der Waals surface area contributed by atoms with Gasteiger partial charge in [-0.1, -0.05) is 6.07 Å². The number of fused-ring (bicyclic) bond motifs is 1. The number of pyridine rings is 2. The number of carbonyl (C=O) groups is 2. The molecule has 9 nitrogen and oxygen atoms in total. The van der Waals surface area contributed by atoms with Crippen molar-refractivity contribution in [3.05, 3.63) is 60.3 Å². The SMILES string of the molecule is CCN(C(N)=O)c1nc2c(-c3ncccc3F)cc(-c3ccc(C(N)=O)nc3)cc2[nH]1. The molecule has 10 heteroatoms. The standard InChI is InChI=1S/C21H18FN7O2/c1-2-29(20(24)31)21-27-16-9-12(11-5-6-15(19(23)30)26-10-11)8-13(18(16)28-21)17-14(22)4-3-7-25-17/h3-10H,2H2,1H3,(H2,23,30)(H2,24,31)(H,27,28). The molecule has 0 aliphatic carbocycles. The first-order valence-electron chi connectivity index (χ1n) is 9.37. The van der Waals surface area contributed by atoms with Gasteiger partial charge in [-0.15, -0.1) is 0 Å². The molecule has 0 unspecified atom stereocenters. The average molecular weight is 419 g/mol. The van der Waals surface area contributed by atoms with Crippen LogP contribution in [0, 0.1) is 5.82 Å². The van der Waals surface area contributed by atoms with Gasteiger partial charge in [0, 0.05) is 30.1 Å². The molecule has 3 amide bonds. The van der Waals surface area contributed by atoms with Gasteiger partial charge in [0.25, 0.3) is 5.91 Å². The highest BCUT2D eigenvalue weighted by molar-refractivity contribution is 5.98. The van der Waals surface area contributed by atoms with Crippen LogP contribution in [0.25, 0.3) is 33.4 Å². The summed E-state index contributed by atoms with van der Waals surface area (Å²) in [5, 5.41) is 0. The van der Waals surface area contributed by atoms with Crippen LogP contribution in [0.1, 0.15) is 17.4 Å². The van der Waals surface area contributed by atoms with Gasteiger partial charge < -0.3 is 16.5 Å². The van der Waals surface area contributed by atoms with Crippen molar-refractivity contribution < 1.29 is 14.0 Å². The lowest BCUT2D eigenvalue weighted by Crippen LogP contribution is -2.36. The zero-order valence-electron chi connectivity index (χ0n) is 16.5. The van der Waals surface area contributed by atoms with Gasteiger partial charge in [0.2, 0.25) is 5.95 Å². The monoisotopic (exact) mass is 419 g/mol. The minimum Gasteiger partial charge on any atom is -0.364 e. The van der Waals surface area contributed by atoms with Crippen LogP contribution in [0.5, 0.6) is 0 Å². The van der Waals surface area contributed by atoms with Crippen LogP contribution in [0.15, 0.2) is 48.8 Å². The molecule has 156 valence electrons. The van der Waals surface area contributed by atoms with Crippen LogP contribution in [0.3, 0.4) is 0 Å². The third kappa shape index (κ3) is 3.66. The van der Waals surface area contributed by atoms with Crippen LogP contribution >= 0.6 is 0 Å². The third-order valence-corrected chi connectivity index (χ3v) is 4.77. The Kier molecular flexibility index (Phi) is 5.04. The number of hydrogen-bond acceptors (Lipinski definition) is 5. The summed E-state index contributed by atoms with van der Waals surface area (Å²) in [7, 11) is 0. The highest BCUT2D eigenvalue weighted by atomic mass is 19.1. The first kappa shape index (κ1) is 20.0. The fourth-order valence-electron chi connectivity index (χ4n) is 3.28. The van der Waals surface area contributed by atoms with Crippen molar-refractivity contribution in [1.29, 1.82) is 0 Å². The number of aromatic nitrogens is 4. The maximum atomic E-state index is 14.6. The Morgan fingerprint density at radius 1 is 1.13 bits per heavy atom. The van der Waals surface area contributed by atoms with Crippen molar-refractivity contribution in [2.24, 2.45) is 11.5 Å². The van der Waals surface area contributed by atoms with E-state index in [0.717, 1.165) is 0 Å². The second kappa shape index (κ2) is 7.82. The Hall–Kier alpha value is -4.34. The Bertz CT molecular complexity index is 1300. The summed E-state index contributed by atoms with van der Waals surface area (Å²) in [5.74, 6) is -0.917. The quantitative estimate of drug-likeness (QED) is 0.456. The van der Waals surface area contributed by atoms with Gasteiger partial charge in [0.15, 0.2) is 0 Å². The summed E-state index contributed by atoms with van der Waals surface area (Å²) >= 11 is 0. The van der Waals surface area contributed by atoms with Crippen LogP contribution in [-0.2, 0) is 0 Å². The summed E-state index contributed by atoms with van der Waals surface area (Å²) < 4.78 is 14.6. The molecule has 5 N–H and O–H groups in total. The normalized spacial score (nSPS) is 10.9. The summed E-state index contributed by atoms with van der Waals surface area (Å²) in [6, 6.07) is 8.83.